The SMILES string of the molecule is CCOc1ccc(NC(=O)/C(C#N)=C/c2ccc(OCC)c3ccccc23)cc1. The first-order chi connectivity index (χ1) is 14.2. The van der Waals surface area contributed by atoms with E-state index in [1.807, 2.05) is 56.3 Å². The third-order valence-corrected chi connectivity index (χ3v) is 4.31. The molecule has 5 nitrogen and oxygen atoms in total. The number of hydrogen-bond acceptors (Lipinski definition) is 4. The molecule has 0 unspecified atom stereocenters. The van der Waals surface area contributed by atoms with Gasteiger partial charge in [0.1, 0.15) is 23.1 Å². The molecule has 3 aromatic carbocycles. The summed E-state index contributed by atoms with van der Waals surface area (Å²) in [7, 11) is 0. The van der Waals surface area contributed by atoms with E-state index in [-0.39, 0.29) is 5.57 Å². The summed E-state index contributed by atoms with van der Waals surface area (Å²) in [5.41, 5.74) is 1.40. The van der Waals surface area contributed by atoms with Crippen LogP contribution in [0.15, 0.2) is 66.2 Å². The highest BCUT2D eigenvalue weighted by molar-refractivity contribution is 6.11. The van der Waals surface area contributed by atoms with Crippen molar-refractivity contribution >= 4 is 28.4 Å². The number of nitrogens with zero attached hydrogens (tertiary/aromatic N) is 1. The normalized spacial score (nSPS) is 11.0. The Bertz CT molecular complexity index is 1080. The maximum atomic E-state index is 12.6. The molecule has 146 valence electrons. The average molecular weight is 386 g/mol. The molecule has 0 heterocycles. The van der Waals surface area contributed by atoms with Crippen molar-refractivity contribution in [1.29, 1.82) is 5.26 Å². The van der Waals surface area contributed by atoms with Crippen LogP contribution in [0.2, 0.25) is 0 Å². The minimum Gasteiger partial charge on any atom is -0.494 e. The Hall–Kier alpha value is -3.78. The Morgan fingerprint density at radius 2 is 1.66 bits per heavy atom. The molecule has 0 aromatic heterocycles. The third-order valence-electron chi connectivity index (χ3n) is 4.31. The lowest BCUT2D eigenvalue weighted by molar-refractivity contribution is -0.112. The van der Waals surface area contributed by atoms with E-state index in [1.165, 1.54) is 0 Å². The second-order valence-electron chi connectivity index (χ2n) is 6.21. The lowest BCUT2D eigenvalue weighted by Gasteiger charge is -2.10. The summed E-state index contributed by atoms with van der Waals surface area (Å²) >= 11 is 0. The quantitative estimate of drug-likeness (QED) is 0.448. The highest BCUT2D eigenvalue weighted by atomic mass is 16.5. The lowest BCUT2D eigenvalue weighted by atomic mass is 10.0. The molecule has 0 aliphatic rings. The molecule has 0 aliphatic carbocycles. The van der Waals surface area contributed by atoms with Crippen LogP contribution in [0.1, 0.15) is 19.4 Å². The number of anilines is 1. The first-order valence-corrected chi connectivity index (χ1v) is 9.46. The van der Waals surface area contributed by atoms with Gasteiger partial charge in [-0.05, 0) is 61.2 Å². The Labute approximate surface area is 170 Å². The number of carbonyl (C=O) groups is 1. The molecule has 0 bridgehead atoms. The van der Waals surface area contributed by atoms with Gasteiger partial charge in [0, 0.05) is 11.1 Å². The van der Waals surface area contributed by atoms with Gasteiger partial charge in [-0.25, -0.2) is 0 Å². The fraction of sp³-hybridized carbons (Fsp3) is 0.167. The van der Waals surface area contributed by atoms with Crippen molar-refractivity contribution in [3.63, 3.8) is 0 Å². The second kappa shape index (κ2) is 9.43. The van der Waals surface area contributed by atoms with E-state index in [9.17, 15) is 10.1 Å². The number of ether oxygens (including phenoxy) is 2. The fourth-order valence-corrected chi connectivity index (χ4v) is 3.01. The zero-order valence-electron chi connectivity index (χ0n) is 16.4. The minimum atomic E-state index is -0.463. The van der Waals surface area contributed by atoms with E-state index >= 15 is 0 Å². The molecule has 1 amide bonds. The van der Waals surface area contributed by atoms with Crippen LogP contribution in [-0.2, 0) is 4.79 Å². The molecule has 0 spiro atoms. The molecule has 3 rings (SSSR count). The van der Waals surface area contributed by atoms with Crippen LogP contribution in [0.25, 0.3) is 16.8 Å². The van der Waals surface area contributed by atoms with Gasteiger partial charge in [0.25, 0.3) is 5.91 Å². The average Bonchev–Trinajstić information content (AvgIpc) is 2.75. The van der Waals surface area contributed by atoms with Gasteiger partial charge < -0.3 is 14.8 Å². The lowest BCUT2D eigenvalue weighted by Crippen LogP contribution is -2.13. The number of benzene rings is 3. The largest absolute Gasteiger partial charge is 0.494 e. The van der Waals surface area contributed by atoms with Gasteiger partial charge >= 0.3 is 0 Å². The van der Waals surface area contributed by atoms with E-state index in [1.54, 1.807) is 30.3 Å². The summed E-state index contributed by atoms with van der Waals surface area (Å²) in [5.74, 6) is 1.04. The predicted molar refractivity (Wildman–Crippen MR) is 115 cm³/mol. The van der Waals surface area contributed by atoms with Gasteiger partial charge in [0.2, 0.25) is 0 Å². The minimum absolute atomic E-state index is 0.0215. The van der Waals surface area contributed by atoms with Crippen molar-refractivity contribution in [3.05, 3.63) is 71.8 Å². The molecule has 3 aromatic rings. The molecule has 1 N–H and O–H groups in total. The standard InChI is InChI=1S/C24H22N2O3/c1-3-28-20-12-10-19(11-13-20)26-24(27)18(16-25)15-17-9-14-23(29-4-2)22-8-6-5-7-21(17)22/h5-15H,3-4H2,1-2H3,(H,26,27)/b18-15+. The van der Waals surface area contributed by atoms with Crippen molar-refractivity contribution in [2.75, 3.05) is 18.5 Å². The van der Waals surface area contributed by atoms with Gasteiger partial charge in [-0.1, -0.05) is 30.3 Å². The number of amides is 1. The summed E-state index contributed by atoms with van der Waals surface area (Å²) in [4.78, 5) is 12.6. The van der Waals surface area contributed by atoms with Crippen molar-refractivity contribution < 1.29 is 14.3 Å². The van der Waals surface area contributed by atoms with Gasteiger partial charge in [-0.3, -0.25) is 4.79 Å². The van der Waals surface area contributed by atoms with Crippen LogP contribution in [0.3, 0.4) is 0 Å². The highest BCUT2D eigenvalue weighted by Crippen LogP contribution is 2.30. The molecular formula is C24H22N2O3. The molecule has 29 heavy (non-hydrogen) atoms. The summed E-state index contributed by atoms with van der Waals surface area (Å²) < 4.78 is 11.1. The molecule has 0 saturated carbocycles. The van der Waals surface area contributed by atoms with Crippen molar-refractivity contribution in [3.8, 4) is 17.6 Å². The van der Waals surface area contributed by atoms with Crippen LogP contribution >= 0.6 is 0 Å². The smallest absolute Gasteiger partial charge is 0.266 e. The molecule has 0 fully saturated rings. The van der Waals surface area contributed by atoms with Crippen LogP contribution < -0.4 is 14.8 Å². The molecule has 0 aliphatic heterocycles. The summed E-state index contributed by atoms with van der Waals surface area (Å²) in [6, 6.07) is 20.5. The predicted octanol–water partition coefficient (Wildman–Crippen LogP) is 5.18. The highest BCUT2D eigenvalue weighted by Gasteiger charge is 2.12. The van der Waals surface area contributed by atoms with E-state index in [4.69, 9.17) is 9.47 Å². The Kier molecular flexibility index (Phi) is 6.49. The zero-order valence-corrected chi connectivity index (χ0v) is 16.4. The van der Waals surface area contributed by atoms with Gasteiger partial charge in [-0.15, -0.1) is 0 Å². The van der Waals surface area contributed by atoms with Crippen molar-refractivity contribution in [1.82, 2.24) is 0 Å². The summed E-state index contributed by atoms with van der Waals surface area (Å²) in [5, 5.41) is 14.1. The van der Waals surface area contributed by atoms with Crippen LogP contribution in [0.5, 0.6) is 11.5 Å². The number of nitrogens with one attached hydrogen (secondary N) is 1. The Balaban J connectivity index is 1.88. The van der Waals surface area contributed by atoms with E-state index in [0.29, 0.717) is 18.9 Å². The number of carbonyl (C=O) groups excluding carboxylic acids is 1. The fourth-order valence-electron chi connectivity index (χ4n) is 3.01. The monoisotopic (exact) mass is 386 g/mol. The van der Waals surface area contributed by atoms with Crippen molar-refractivity contribution in [2.24, 2.45) is 0 Å². The topological polar surface area (TPSA) is 71.3 Å². The first kappa shape index (κ1) is 20.0. The van der Waals surface area contributed by atoms with Gasteiger partial charge in [0.05, 0.1) is 13.2 Å². The number of rotatable bonds is 7. The van der Waals surface area contributed by atoms with Crippen LogP contribution in [-0.4, -0.2) is 19.1 Å². The molecule has 5 heteroatoms. The Morgan fingerprint density at radius 3 is 2.31 bits per heavy atom. The molecule has 0 saturated heterocycles. The van der Waals surface area contributed by atoms with E-state index in [2.05, 4.69) is 5.32 Å². The summed E-state index contributed by atoms with van der Waals surface area (Å²) in [6.07, 6.45) is 1.60. The maximum Gasteiger partial charge on any atom is 0.266 e. The molecule has 0 atom stereocenters. The number of fused-ring (bicyclic) bond motifs is 1. The number of nitriles is 1. The third kappa shape index (κ3) is 4.74. The zero-order chi connectivity index (χ0) is 20.6. The van der Waals surface area contributed by atoms with Crippen LogP contribution in [0.4, 0.5) is 5.69 Å². The van der Waals surface area contributed by atoms with Crippen molar-refractivity contribution in [2.45, 2.75) is 13.8 Å². The Morgan fingerprint density at radius 1 is 0.966 bits per heavy atom. The molecular weight excluding hydrogens is 364 g/mol. The second-order valence-corrected chi connectivity index (χ2v) is 6.21. The number of hydrogen-bond donors (Lipinski definition) is 1. The van der Waals surface area contributed by atoms with Gasteiger partial charge in [0.15, 0.2) is 0 Å². The van der Waals surface area contributed by atoms with E-state index < -0.39 is 5.91 Å². The van der Waals surface area contributed by atoms with Crippen LogP contribution in [0, 0.1) is 11.3 Å². The first-order valence-electron chi connectivity index (χ1n) is 9.46. The van der Waals surface area contributed by atoms with Gasteiger partial charge in [-0.2, -0.15) is 5.26 Å². The maximum absolute atomic E-state index is 12.6. The molecule has 0 radical (unpaired) electrons. The van der Waals surface area contributed by atoms with E-state index in [0.717, 1.165) is 27.8 Å². The summed E-state index contributed by atoms with van der Waals surface area (Å²) in [6.45, 7) is 4.97.